The molecule has 3 heteroatoms. The summed E-state index contributed by atoms with van der Waals surface area (Å²) in [6.45, 7) is 0. The van der Waals surface area contributed by atoms with E-state index in [4.69, 9.17) is 0 Å². The molecule has 0 amide bonds. The van der Waals surface area contributed by atoms with Crippen LogP contribution in [0.3, 0.4) is 0 Å². The van der Waals surface area contributed by atoms with E-state index in [1.54, 1.807) is 6.20 Å². The van der Waals surface area contributed by atoms with Gasteiger partial charge in [0.25, 0.3) is 0 Å². The number of carbonyl (C=O) groups excluding carboxylic acids is 1. The molecule has 1 heterocycles. The van der Waals surface area contributed by atoms with Crippen molar-refractivity contribution in [3.05, 3.63) is 120 Å². The number of carbonyl (C=O) groups is 1. The van der Waals surface area contributed by atoms with E-state index in [1.807, 2.05) is 36.2 Å². The van der Waals surface area contributed by atoms with Crippen molar-refractivity contribution in [1.82, 2.24) is 4.98 Å². The number of rotatable bonds is 9. The third-order valence-corrected chi connectivity index (χ3v) is 6.30. The van der Waals surface area contributed by atoms with E-state index in [1.165, 1.54) is 21.6 Å². The second kappa shape index (κ2) is 10.7. The Morgan fingerprint density at radius 3 is 2.32 bits per heavy atom. The fraction of sp³-hybridized carbons (Fsp3) is 0.143. The van der Waals surface area contributed by atoms with Gasteiger partial charge in [-0.15, -0.1) is 11.8 Å². The third kappa shape index (κ3) is 6.16. The molecule has 154 valence electrons. The molecule has 0 atom stereocenters. The first-order valence-corrected chi connectivity index (χ1v) is 11.5. The maximum absolute atomic E-state index is 12.3. The Bertz CT molecular complexity index is 1110. The van der Waals surface area contributed by atoms with Crippen LogP contribution >= 0.6 is 11.8 Å². The summed E-state index contributed by atoms with van der Waals surface area (Å²) in [5, 5.41) is 0. The molecule has 1 aromatic heterocycles. The molecular formula is C28H25NOS. The zero-order valence-corrected chi connectivity index (χ0v) is 18.2. The molecule has 0 saturated heterocycles. The minimum atomic E-state index is 0.265. The first kappa shape index (κ1) is 21.1. The quantitative estimate of drug-likeness (QED) is 0.278. The Balaban J connectivity index is 1.32. The van der Waals surface area contributed by atoms with Crippen molar-refractivity contribution >= 4 is 17.5 Å². The van der Waals surface area contributed by atoms with E-state index >= 15 is 0 Å². The lowest BCUT2D eigenvalue weighted by Gasteiger charge is -2.10. The number of aryl methyl sites for hydroxylation is 1. The lowest BCUT2D eigenvalue weighted by Crippen LogP contribution is -2.04. The van der Waals surface area contributed by atoms with E-state index in [0.717, 1.165) is 23.3 Å². The number of pyridine rings is 1. The minimum Gasteiger partial charge on any atom is -0.299 e. The van der Waals surface area contributed by atoms with Gasteiger partial charge < -0.3 is 0 Å². The molecular weight excluding hydrogens is 398 g/mol. The number of hydrogen-bond donors (Lipinski definition) is 0. The van der Waals surface area contributed by atoms with Crippen LogP contribution in [0, 0.1) is 0 Å². The number of nitrogens with zero attached hydrogens (tertiary/aromatic N) is 1. The molecule has 2 nitrogen and oxygen atoms in total. The van der Waals surface area contributed by atoms with Crippen LogP contribution in [0.25, 0.3) is 11.1 Å². The van der Waals surface area contributed by atoms with E-state index in [2.05, 4.69) is 77.8 Å². The summed E-state index contributed by atoms with van der Waals surface area (Å²) < 4.78 is 0. The van der Waals surface area contributed by atoms with Crippen LogP contribution in [0.5, 0.6) is 0 Å². The Kier molecular flexibility index (Phi) is 7.30. The molecule has 4 aromatic rings. The highest BCUT2D eigenvalue weighted by Crippen LogP contribution is 2.30. The van der Waals surface area contributed by atoms with Gasteiger partial charge in [-0.05, 0) is 52.4 Å². The molecule has 0 saturated carbocycles. The SMILES string of the molecule is O=C(CCc1cccnc1)Cc1ccc(SCc2ccccc2-c2ccccc2)cc1. The van der Waals surface area contributed by atoms with Gasteiger partial charge in [0.05, 0.1) is 0 Å². The molecule has 0 spiro atoms. The fourth-order valence-electron chi connectivity index (χ4n) is 3.56. The third-order valence-electron chi connectivity index (χ3n) is 5.24. The number of ketones is 1. The van der Waals surface area contributed by atoms with Crippen LogP contribution in [0.4, 0.5) is 0 Å². The summed E-state index contributed by atoms with van der Waals surface area (Å²) in [6, 6.07) is 31.4. The molecule has 0 aliphatic carbocycles. The number of aromatic nitrogens is 1. The molecule has 4 rings (SSSR count). The number of benzene rings is 3. The summed E-state index contributed by atoms with van der Waals surface area (Å²) in [4.78, 5) is 17.6. The molecule has 0 radical (unpaired) electrons. The van der Waals surface area contributed by atoms with Crippen LogP contribution in [-0.4, -0.2) is 10.8 Å². The van der Waals surface area contributed by atoms with Gasteiger partial charge in [0.1, 0.15) is 5.78 Å². The highest BCUT2D eigenvalue weighted by atomic mass is 32.2. The monoisotopic (exact) mass is 423 g/mol. The zero-order chi connectivity index (χ0) is 21.3. The van der Waals surface area contributed by atoms with Crippen molar-refractivity contribution in [2.75, 3.05) is 0 Å². The average Bonchev–Trinajstić information content (AvgIpc) is 2.84. The maximum atomic E-state index is 12.3. The van der Waals surface area contributed by atoms with Gasteiger partial charge in [-0.25, -0.2) is 0 Å². The van der Waals surface area contributed by atoms with Crippen LogP contribution in [0.15, 0.2) is 108 Å². The predicted molar refractivity (Wildman–Crippen MR) is 129 cm³/mol. The van der Waals surface area contributed by atoms with Gasteiger partial charge in [-0.3, -0.25) is 9.78 Å². The normalized spacial score (nSPS) is 10.7. The first-order chi connectivity index (χ1) is 15.3. The van der Waals surface area contributed by atoms with Crippen LogP contribution in [0.1, 0.15) is 23.1 Å². The van der Waals surface area contributed by atoms with Crippen LogP contribution in [-0.2, 0) is 23.4 Å². The van der Waals surface area contributed by atoms with Crippen molar-refractivity contribution < 1.29 is 4.79 Å². The predicted octanol–water partition coefficient (Wildman–Crippen LogP) is 6.79. The second-order valence-corrected chi connectivity index (χ2v) is 8.58. The highest BCUT2D eigenvalue weighted by Gasteiger charge is 2.07. The van der Waals surface area contributed by atoms with Crippen molar-refractivity contribution in [3.8, 4) is 11.1 Å². The standard InChI is InChI=1S/C28H25NOS/c30-26(15-12-23-7-6-18-29-20-23)19-22-13-16-27(17-14-22)31-21-25-10-4-5-11-28(25)24-8-2-1-3-9-24/h1-11,13-14,16-18,20H,12,15,19,21H2. The molecule has 0 aliphatic heterocycles. The van der Waals surface area contributed by atoms with Crippen molar-refractivity contribution in [1.29, 1.82) is 0 Å². The zero-order valence-electron chi connectivity index (χ0n) is 17.4. The Labute approximate surface area is 188 Å². The van der Waals surface area contributed by atoms with Crippen molar-refractivity contribution in [2.45, 2.75) is 29.9 Å². The van der Waals surface area contributed by atoms with E-state index in [9.17, 15) is 4.79 Å². The lowest BCUT2D eigenvalue weighted by atomic mass is 10.0. The van der Waals surface area contributed by atoms with Crippen LogP contribution in [0.2, 0.25) is 0 Å². The topological polar surface area (TPSA) is 30.0 Å². The van der Waals surface area contributed by atoms with Gasteiger partial charge in [0.2, 0.25) is 0 Å². The average molecular weight is 424 g/mol. The van der Waals surface area contributed by atoms with E-state index in [0.29, 0.717) is 12.8 Å². The summed E-state index contributed by atoms with van der Waals surface area (Å²) in [5.74, 6) is 1.18. The Morgan fingerprint density at radius 2 is 1.55 bits per heavy atom. The summed E-state index contributed by atoms with van der Waals surface area (Å²) in [6.07, 6.45) is 5.38. The van der Waals surface area contributed by atoms with Gasteiger partial charge in [0.15, 0.2) is 0 Å². The second-order valence-electron chi connectivity index (χ2n) is 7.53. The van der Waals surface area contributed by atoms with Gasteiger partial charge in [-0.1, -0.05) is 72.8 Å². The van der Waals surface area contributed by atoms with Gasteiger partial charge in [-0.2, -0.15) is 0 Å². The summed E-state index contributed by atoms with van der Waals surface area (Å²) in [5.41, 5.74) is 6.04. The number of hydrogen-bond acceptors (Lipinski definition) is 3. The van der Waals surface area contributed by atoms with Crippen molar-refractivity contribution in [2.24, 2.45) is 0 Å². The Morgan fingerprint density at radius 1 is 0.774 bits per heavy atom. The minimum absolute atomic E-state index is 0.265. The summed E-state index contributed by atoms with van der Waals surface area (Å²) in [7, 11) is 0. The summed E-state index contributed by atoms with van der Waals surface area (Å²) >= 11 is 1.83. The highest BCUT2D eigenvalue weighted by molar-refractivity contribution is 7.98. The molecule has 0 N–H and O–H groups in total. The van der Waals surface area contributed by atoms with Crippen molar-refractivity contribution in [3.63, 3.8) is 0 Å². The smallest absolute Gasteiger partial charge is 0.137 e. The van der Waals surface area contributed by atoms with Crippen LogP contribution < -0.4 is 0 Å². The largest absolute Gasteiger partial charge is 0.299 e. The molecule has 0 unspecified atom stereocenters. The molecule has 0 bridgehead atoms. The van der Waals surface area contributed by atoms with Gasteiger partial charge in [0, 0.05) is 35.9 Å². The molecule has 3 aromatic carbocycles. The fourth-order valence-corrected chi connectivity index (χ4v) is 4.46. The molecule has 31 heavy (non-hydrogen) atoms. The van der Waals surface area contributed by atoms with E-state index < -0.39 is 0 Å². The van der Waals surface area contributed by atoms with Gasteiger partial charge >= 0.3 is 0 Å². The molecule has 0 aliphatic rings. The molecule has 0 fully saturated rings. The number of Topliss-reactive ketones (excluding diaryl/α,β-unsaturated/α-hetero) is 1. The van der Waals surface area contributed by atoms with E-state index in [-0.39, 0.29) is 5.78 Å². The first-order valence-electron chi connectivity index (χ1n) is 10.5. The number of thioether (sulfide) groups is 1. The lowest BCUT2D eigenvalue weighted by molar-refractivity contribution is -0.118. The Hall–Kier alpha value is -3.17. The maximum Gasteiger partial charge on any atom is 0.137 e.